The van der Waals surface area contributed by atoms with Gasteiger partial charge in [0, 0.05) is 19.1 Å². The van der Waals surface area contributed by atoms with E-state index in [1.54, 1.807) is 7.05 Å². The van der Waals surface area contributed by atoms with E-state index in [2.05, 4.69) is 10.6 Å². The Kier molecular flexibility index (Phi) is 5.10. The van der Waals surface area contributed by atoms with Gasteiger partial charge in [0.15, 0.2) is 0 Å². The van der Waals surface area contributed by atoms with Crippen LogP contribution < -0.4 is 10.6 Å². The average molecular weight is 264 g/mol. The molecule has 0 aliphatic carbocycles. The first-order chi connectivity index (χ1) is 8.34. The SMILES string of the molecule is CNCC(C)NCc1ccc(F)c(C(F)(F)F)c1. The highest BCUT2D eigenvalue weighted by Gasteiger charge is 2.34. The summed E-state index contributed by atoms with van der Waals surface area (Å²) in [7, 11) is 1.79. The molecule has 0 amide bonds. The number of likely N-dealkylation sites (N-methyl/N-ethyl adjacent to an activating group) is 1. The lowest BCUT2D eigenvalue weighted by atomic mass is 10.1. The largest absolute Gasteiger partial charge is 0.419 e. The van der Waals surface area contributed by atoms with Gasteiger partial charge in [0.25, 0.3) is 0 Å². The lowest BCUT2D eigenvalue weighted by Crippen LogP contribution is -2.34. The van der Waals surface area contributed by atoms with Crippen molar-refractivity contribution in [1.29, 1.82) is 0 Å². The number of halogens is 4. The number of hydrogen-bond donors (Lipinski definition) is 2. The van der Waals surface area contributed by atoms with Crippen molar-refractivity contribution in [2.24, 2.45) is 0 Å². The van der Waals surface area contributed by atoms with E-state index < -0.39 is 17.6 Å². The molecule has 0 heterocycles. The van der Waals surface area contributed by atoms with Gasteiger partial charge in [-0.3, -0.25) is 0 Å². The van der Waals surface area contributed by atoms with E-state index in [-0.39, 0.29) is 12.6 Å². The van der Waals surface area contributed by atoms with Crippen LogP contribution in [0.5, 0.6) is 0 Å². The van der Waals surface area contributed by atoms with Crippen molar-refractivity contribution in [3.05, 3.63) is 35.1 Å². The van der Waals surface area contributed by atoms with Gasteiger partial charge in [-0.25, -0.2) is 4.39 Å². The molecule has 1 unspecified atom stereocenters. The Hall–Kier alpha value is -1.14. The Morgan fingerprint density at radius 1 is 1.28 bits per heavy atom. The Balaban J connectivity index is 2.74. The molecular weight excluding hydrogens is 248 g/mol. The molecule has 0 saturated carbocycles. The Morgan fingerprint density at radius 2 is 1.94 bits per heavy atom. The smallest absolute Gasteiger partial charge is 0.318 e. The lowest BCUT2D eigenvalue weighted by molar-refractivity contribution is -0.140. The molecule has 0 fully saturated rings. The van der Waals surface area contributed by atoms with E-state index in [4.69, 9.17) is 0 Å². The second-order valence-electron chi connectivity index (χ2n) is 4.15. The molecule has 0 aromatic heterocycles. The minimum atomic E-state index is -4.66. The number of rotatable bonds is 5. The molecule has 0 saturated heterocycles. The maximum atomic E-state index is 13.0. The first kappa shape index (κ1) is 14.9. The first-order valence-corrected chi connectivity index (χ1v) is 5.58. The highest BCUT2D eigenvalue weighted by Crippen LogP contribution is 2.31. The molecule has 102 valence electrons. The van der Waals surface area contributed by atoms with Gasteiger partial charge in [0.2, 0.25) is 0 Å². The van der Waals surface area contributed by atoms with Crippen LogP contribution in [-0.2, 0) is 12.7 Å². The topological polar surface area (TPSA) is 24.1 Å². The minimum absolute atomic E-state index is 0.120. The maximum absolute atomic E-state index is 13.0. The molecule has 1 aromatic carbocycles. The van der Waals surface area contributed by atoms with E-state index in [0.717, 1.165) is 12.1 Å². The number of hydrogen-bond acceptors (Lipinski definition) is 2. The van der Waals surface area contributed by atoms with Gasteiger partial charge < -0.3 is 10.6 Å². The van der Waals surface area contributed by atoms with Crippen LogP contribution in [0.2, 0.25) is 0 Å². The molecule has 1 aromatic rings. The predicted octanol–water partition coefficient (Wildman–Crippen LogP) is 2.54. The fourth-order valence-corrected chi connectivity index (χ4v) is 1.57. The zero-order valence-corrected chi connectivity index (χ0v) is 10.2. The van der Waals surface area contributed by atoms with Crippen molar-refractivity contribution < 1.29 is 17.6 Å². The molecule has 0 aliphatic heterocycles. The van der Waals surface area contributed by atoms with Crippen LogP contribution in [0.4, 0.5) is 17.6 Å². The van der Waals surface area contributed by atoms with Gasteiger partial charge in [0.05, 0.1) is 5.56 Å². The summed E-state index contributed by atoms with van der Waals surface area (Å²) in [6, 6.07) is 3.16. The number of benzene rings is 1. The second-order valence-corrected chi connectivity index (χ2v) is 4.15. The summed E-state index contributed by atoms with van der Waals surface area (Å²) in [5, 5.41) is 5.99. The summed E-state index contributed by atoms with van der Waals surface area (Å²) in [5.41, 5.74) is -0.810. The third kappa shape index (κ3) is 4.27. The van der Waals surface area contributed by atoms with E-state index in [0.29, 0.717) is 12.1 Å². The normalized spacial score (nSPS) is 13.7. The summed E-state index contributed by atoms with van der Waals surface area (Å²) >= 11 is 0. The van der Waals surface area contributed by atoms with Crippen LogP contribution in [0.3, 0.4) is 0 Å². The highest BCUT2D eigenvalue weighted by atomic mass is 19.4. The van der Waals surface area contributed by atoms with Crippen molar-refractivity contribution in [3.63, 3.8) is 0 Å². The predicted molar refractivity (Wildman–Crippen MR) is 61.6 cm³/mol. The average Bonchev–Trinajstić information content (AvgIpc) is 2.27. The number of nitrogens with one attached hydrogen (secondary N) is 2. The van der Waals surface area contributed by atoms with Gasteiger partial charge >= 0.3 is 6.18 Å². The Morgan fingerprint density at radius 3 is 2.50 bits per heavy atom. The van der Waals surface area contributed by atoms with Crippen LogP contribution in [0.15, 0.2) is 18.2 Å². The van der Waals surface area contributed by atoms with Crippen molar-refractivity contribution in [2.75, 3.05) is 13.6 Å². The molecule has 1 rings (SSSR count). The highest BCUT2D eigenvalue weighted by molar-refractivity contribution is 5.27. The third-order valence-electron chi connectivity index (χ3n) is 2.50. The molecule has 0 bridgehead atoms. The fraction of sp³-hybridized carbons (Fsp3) is 0.500. The molecular formula is C12H16F4N2. The monoisotopic (exact) mass is 264 g/mol. The quantitative estimate of drug-likeness (QED) is 0.799. The summed E-state index contributed by atoms with van der Waals surface area (Å²) in [5.74, 6) is -1.24. The van der Waals surface area contributed by atoms with Crippen LogP contribution in [0.25, 0.3) is 0 Å². The zero-order chi connectivity index (χ0) is 13.8. The molecule has 2 nitrogen and oxygen atoms in total. The van der Waals surface area contributed by atoms with E-state index in [1.165, 1.54) is 6.07 Å². The second kappa shape index (κ2) is 6.15. The van der Waals surface area contributed by atoms with Crippen molar-refractivity contribution in [1.82, 2.24) is 10.6 Å². The fourth-order valence-electron chi connectivity index (χ4n) is 1.57. The van der Waals surface area contributed by atoms with E-state index in [1.807, 2.05) is 6.92 Å². The van der Waals surface area contributed by atoms with Gasteiger partial charge in [0.1, 0.15) is 5.82 Å². The van der Waals surface area contributed by atoms with E-state index >= 15 is 0 Å². The van der Waals surface area contributed by atoms with Crippen molar-refractivity contribution >= 4 is 0 Å². The standard InChI is InChI=1S/C12H16F4N2/c1-8(6-17-2)18-7-9-3-4-11(13)10(5-9)12(14,15)16/h3-5,8,17-18H,6-7H2,1-2H3. The van der Waals surface area contributed by atoms with E-state index in [9.17, 15) is 17.6 Å². The number of alkyl halides is 3. The first-order valence-electron chi connectivity index (χ1n) is 5.58. The third-order valence-corrected chi connectivity index (χ3v) is 2.50. The van der Waals surface area contributed by atoms with Crippen LogP contribution in [0.1, 0.15) is 18.1 Å². The van der Waals surface area contributed by atoms with Gasteiger partial charge in [-0.2, -0.15) is 13.2 Å². The molecule has 0 aliphatic rings. The molecule has 6 heteroatoms. The Labute approximate surface area is 103 Å². The Bertz CT molecular complexity index is 390. The molecule has 18 heavy (non-hydrogen) atoms. The van der Waals surface area contributed by atoms with Gasteiger partial charge in [-0.1, -0.05) is 6.07 Å². The van der Waals surface area contributed by atoms with Crippen LogP contribution in [-0.4, -0.2) is 19.6 Å². The van der Waals surface area contributed by atoms with Crippen LogP contribution >= 0.6 is 0 Å². The lowest BCUT2D eigenvalue weighted by Gasteiger charge is -2.14. The minimum Gasteiger partial charge on any atom is -0.318 e. The molecule has 0 radical (unpaired) electrons. The zero-order valence-electron chi connectivity index (χ0n) is 10.2. The van der Waals surface area contributed by atoms with Gasteiger partial charge in [-0.05, 0) is 31.7 Å². The summed E-state index contributed by atoms with van der Waals surface area (Å²) in [6.07, 6.45) is -4.66. The van der Waals surface area contributed by atoms with Crippen molar-refractivity contribution in [2.45, 2.75) is 25.7 Å². The molecule has 0 spiro atoms. The molecule has 2 N–H and O–H groups in total. The summed E-state index contributed by atoms with van der Waals surface area (Å²) < 4.78 is 50.5. The molecule has 1 atom stereocenters. The van der Waals surface area contributed by atoms with Crippen LogP contribution in [0, 0.1) is 5.82 Å². The van der Waals surface area contributed by atoms with Gasteiger partial charge in [-0.15, -0.1) is 0 Å². The van der Waals surface area contributed by atoms with Crippen molar-refractivity contribution in [3.8, 4) is 0 Å². The summed E-state index contributed by atoms with van der Waals surface area (Å²) in [6.45, 7) is 2.88. The summed E-state index contributed by atoms with van der Waals surface area (Å²) in [4.78, 5) is 0. The maximum Gasteiger partial charge on any atom is 0.419 e.